The number of halogens is 2. The van der Waals surface area contributed by atoms with E-state index in [-0.39, 0.29) is 6.54 Å². The lowest BCUT2D eigenvalue weighted by Crippen LogP contribution is -2.27. The van der Waals surface area contributed by atoms with Crippen LogP contribution in [0.4, 0.5) is 0 Å². The quantitative estimate of drug-likeness (QED) is 0.559. The van der Waals surface area contributed by atoms with Crippen molar-refractivity contribution in [2.75, 3.05) is 25.1 Å². The molecule has 0 bridgehead atoms. The topological polar surface area (TPSA) is 55.4 Å². The summed E-state index contributed by atoms with van der Waals surface area (Å²) in [4.78, 5) is 1.10. The van der Waals surface area contributed by atoms with Gasteiger partial charge in [-0.15, -0.1) is 11.3 Å². The predicted molar refractivity (Wildman–Crippen MR) is 76.6 cm³/mol. The molecule has 8 heteroatoms. The molecule has 1 rings (SSSR count). The number of sulfonamides is 1. The predicted octanol–water partition coefficient (Wildman–Crippen LogP) is 2.51. The van der Waals surface area contributed by atoms with Crippen LogP contribution in [-0.4, -0.2) is 33.5 Å². The summed E-state index contributed by atoms with van der Waals surface area (Å²) in [5.74, 6) is 0. The summed E-state index contributed by atoms with van der Waals surface area (Å²) in [6.07, 6.45) is 0. The van der Waals surface area contributed by atoms with Crippen molar-refractivity contribution in [3.8, 4) is 0 Å². The Hall–Kier alpha value is 0.530. The Morgan fingerprint density at radius 1 is 1.47 bits per heavy atom. The summed E-state index contributed by atoms with van der Waals surface area (Å²) in [6, 6.07) is 1.61. The maximum Gasteiger partial charge on any atom is 0.241 e. The zero-order valence-electron chi connectivity index (χ0n) is 9.20. The van der Waals surface area contributed by atoms with Crippen LogP contribution in [0.1, 0.15) is 4.88 Å². The molecule has 0 aromatic carbocycles. The molecule has 1 N–H and O–H groups in total. The molecule has 0 saturated heterocycles. The largest absolute Gasteiger partial charge is 0.379 e. The highest BCUT2D eigenvalue weighted by atomic mass is 79.9. The molecular formula is C9H13Br2NO3S2. The Kier molecular flexibility index (Phi) is 6.60. The van der Waals surface area contributed by atoms with E-state index in [1.165, 1.54) is 11.3 Å². The minimum atomic E-state index is -3.42. The fraction of sp³-hybridized carbons (Fsp3) is 0.556. The molecule has 1 aromatic rings. The molecule has 98 valence electrons. The minimum Gasteiger partial charge on any atom is -0.379 e. The standard InChI is InChI=1S/C9H13Br2NO3S2/c1-7-8(6-9(11)16-7)17(13,14)12-3-5-15-4-2-10/h6,12H,2-5H2,1H3. The van der Waals surface area contributed by atoms with Crippen molar-refractivity contribution >= 4 is 53.2 Å². The molecule has 1 heterocycles. The van der Waals surface area contributed by atoms with E-state index in [2.05, 4.69) is 36.6 Å². The highest BCUT2D eigenvalue weighted by Crippen LogP contribution is 2.29. The second-order valence-electron chi connectivity index (χ2n) is 3.17. The van der Waals surface area contributed by atoms with E-state index in [9.17, 15) is 8.42 Å². The molecule has 1 aromatic heterocycles. The van der Waals surface area contributed by atoms with Gasteiger partial charge in [-0.2, -0.15) is 0 Å². The lowest BCUT2D eigenvalue weighted by molar-refractivity contribution is 0.156. The summed E-state index contributed by atoms with van der Waals surface area (Å²) in [5, 5.41) is 0.746. The summed E-state index contributed by atoms with van der Waals surface area (Å²) in [6.45, 7) is 3.01. The number of ether oxygens (including phenoxy) is 1. The highest BCUT2D eigenvalue weighted by molar-refractivity contribution is 9.11. The van der Waals surface area contributed by atoms with E-state index < -0.39 is 10.0 Å². The normalized spacial score (nSPS) is 11.9. The smallest absolute Gasteiger partial charge is 0.241 e. The van der Waals surface area contributed by atoms with Gasteiger partial charge >= 0.3 is 0 Å². The van der Waals surface area contributed by atoms with Crippen LogP contribution in [0.3, 0.4) is 0 Å². The van der Waals surface area contributed by atoms with E-state index in [0.29, 0.717) is 18.1 Å². The van der Waals surface area contributed by atoms with Gasteiger partial charge in [-0.05, 0) is 28.9 Å². The Morgan fingerprint density at radius 2 is 2.18 bits per heavy atom. The fourth-order valence-electron chi connectivity index (χ4n) is 1.18. The van der Waals surface area contributed by atoms with Crippen LogP contribution < -0.4 is 4.72 Å². The molecular weight excluding hydrogens is 394 g/mol. The van der Waals surface area contributed by atoms with Crippen LogP contribution in [0, 0.1) is 6.92 Å². The van der Waals surface area contributed by atoms with Crippen molar-refractivity contribution in [3.63, 3.8) is 0 Å². The van der Waals surface area contributed by atoms with Crippen LogP contribution in [-0.2, 0) is 14.8 Å². The van der Waals surface area contributed by atoms with Crippen molar-refractivity contribution in [2.45, 2.75) is 11.8 Å². The van der Waals surface area contributed by atoms with Gasteiger partial charge in [0.25, 0.3) is 0 Å². The molecule has 4 nitrogen and oxygen atoms in total. The van der Waals surface area contributed by atoms with E-state index in [1.54, 1.807) is 13.0 Å². The van der Waals surface area contributed by atoms with Gasteiger partial charge in [-0.1, -0.05) is 15.9 Å². The van der Waals surface area contributed by atoms with Crippen molar-refractivity contribution in [2.24, 2.45) is 0 Å². The van der Waals surface area contributed by atoms with Crippen LogP contribution in [0.15, 0.2) is 14.7 Å². The van der Waals surface area contributed by atoms with Gasteiger partial charge in [0.05, 0.1) is 21.9 Å². The number of hydrogen-bond acceptors (Lipinski definition) is 4. The third kappa shape index (κ3) is 4.96. The van der Waals surface area contributed by atoms with E-state index >= 15 is 0 Å². The van der Waals surface area contributed by atoms with Gasteiger partial charge in [0, 0.05) is 16.8 Å². The molecule has 17 heavy (non-hydrogen) atoms. The molecule has 0 saturated carbocycles. The van der Waals surface area contributed by atoms with Gasteiger partial charge in [0.2, 0.25) is 10.0 Å². The monoisotopic (exact) mass is 405 g/mol. The van der Waals surface area contributed by atoms with Crippen LogP contribution in [0.25, 0.3) is 0 Å². The zero-order valence-corrected chi connectivity index (χ0v) is 14.0. The van der Waals surface area contributed by atoms with Gasteiger partial charge in [-0.25, -0.2) is 13.1 Å². The summed E-state index contributed by atoms with van der Waals surface area (Å²) < 4.78 is 32.3. The van der Waals surface area contributed by atoms with Crippen LogP contribution in [0.2, 0.25) is 0 Å². The first kappa shape index (κ1) is 15.6. The zero-order chi connectivity index (χ0) is 12.9. The maximum absolute atomic E-state index is 11.9. The summed E-state index contributed by atoms with van der Waals surface area (Å²) in [7, 11) is -3.42. The Labute approximate surface area is 122 Å². The Morgan fingerprint density at radius 3 is 2.71 bits per heavy atom. The van der Waals surface area contributed by atoms with Crippen molar-refractivity contribution in [1.82, 2.24) is 4.72 Å². The molecule has 0 fully saturated rings. The molecule has 0 aliphatic carbocycles. The van der Waals surface area contributed by atoms with Crippen molar-refractivity contribution in [1.29, 1.82) is 0 Å². The van der Waals surface area contributed by atoms with E-state index in [4.69, 9.17) is 4.74 Å². The third-order valence-corrected chi connectivity index (χ3v) is 5.49. The molecule has 0 spiro atoms. The van der Waals surface area contributed by atoms with Crippen LogP contribution in [0.5, 0.6) is 0 Å². The summed E-state index contributed by atoms with van der Waals surface area (Å²) >= 11 is 7.90. The molecule has 0 aliphatic rings. The van der Waals surface area contributed by atoms with Crippen LogP contribution >= 0.6 is 43.2 Å². The van der Waals surface area contributed by atoms with E-state index in [1.807, 2.05) is 0 Å². The fourth-order valence-corrected chi connectivity index (χ4v) is 4.83. The average Bonchev–Trinajstić information content (AvgIpc) is 2.58. The van der Waals surface area contributed by atoms with Gasteiger partial charge in [0.15, 0.2) is 0 Å². The Bertz CT molecular complexity index is 459. The molecule has 0 atom stereocenters. The average molecular weight is 407 g/mol. The molecule has 0 aliphatic heterocycles. The molecule has 0 unspecified atom stereocenters. The minimum absolute atomic E-state index is 0.280. The molecule has 0 amide bonds. The van der Waals surface area contributed by atoms with Gasteiger partial charge in [0.1, 0.15) is 0 Å². The highest BCUT2D eigenvalue weighted by Gasteiger charge is 2.18. The van der Waals surface area contributed by atoms with E-state index in [0.717, 1.165) is 14.0 Å². The number of thiophene rings is 1. The first-order chi connectivity index (χ1) is 7.97. The van der Waals surface area contributed by atoms with Crippen molar-refractivity contribution < 1.29 is 13.2 Å². The van der Waals surface area contributed by atoms with Gasteiger partial charge in [-0.3, -0.25) is 0 Å². The number of nitrogens with one attached hydrogen (secondary N) is 1. The SMILES string of the molecule is Cc1sc(Br)cc1S(=O)(=O)NCCOCCBr. The lowest BCUT2D eigenvalue weighted by Gasteiger charge is -2.06. The second kappa shape index (κ2) is 7.20. The lowest BCUT2D eigenvalue weighted by atomic mass is 10.5. The number of rotatable bonds is 7. The second-order valence-corrected chi connectivity index (χ2v) is 8.33. The third-order valence-electron chi connectivity index (χ3n) is 1.89. The Balaban J connectivity index is 2.54. The van der Waals surface area contributed by atoms with Gasteiger partial charge < -0.3 is 4.74 Å². The number of hydrogen-bond donors (Lipinski definition) is 1. The van der Waals surface area contributed by atoms with Crippen molar-refractivity contribution in [3.05, 3.63) is 14.7 Å². The molecule has 0 radical (unpaired) electrons. The number of aryl methyl sites for hydroxylation is 1. The maximum atomic E-state index is 11.9. The summed E-state index contributed by atoms with van der Waals surface area (Å²) in [5.41, 5.74) is 0. The number of alkyl halides is 1. The first-order valence-corrected chi connectivity index (χ1v) is 9.08. The first-order valence-electron chi connectivity index (χ1n) is 4.86.